The molecule has 0 N–H and O–H groups in total. The highest BCUT2D eigenvalue weighted by molar-refractivity contribution is 5.01. The smallest absolute Gasteiger partial charge is 0.0240 e. The van der Waals surface area contributed by atoms with E-state index in [1.165, 1.54) is 45.3 Å². The van der Waals surface area contributed by atoms with Gasteiger partial charge in [0.15, 0.2) is 0 Å². The molecule has 0 radical (unpaired) electrons. The summed E-state index contributed by atoms with van der Waals surface area (Å²) in [6.07, 6.45) is 5.60. The van der Waals surface area contributed by atoms with Crippen molar-refractivity contribution in [3.05, 3.63) is 0 Å². The minimum Gasteiger partial charge on any atom is -0.299 e. The van der Waals surface area contributed by atoms with Gasteiger partial charge >= 0.3 is 0 Å². The Morgan fingerprint density at radius 1 is 1.00 bits per heavy atom. The Morgan fingerprint density at radius 3 is 2.06 bits per heavy atom. The molecule has 0 aromatic heterocycles. The van der Waals surface area contributed by atoms with Crippen LogP contribution in [0, 0.1) is 0 Å². The normalized spacial score (nSPS) is 31.9. The fraction of sp³-hybridized carbons (Fsp3) is 1.00. The van der Waals surface area contributed by atoms with E-state index in [2.05, 4.69) is 44.4 Å². The minimum absolute atomic E-state index is 0.300. The standard InChI is InChI=1S/C15H30N2/c1-14(2,3)17-12-13(11-15(17,4)5)16-9-7-6-8-10-16/h13H,6-12H2,1-5H3. The van der Waals surface area contributed by atoms with E-state index in [1.54, 1.807) is 0 Å². The van der Waals surface area contributed by atoms with Crippen LogP contribution in [0.4, 0.5) is 0 Å². The van der Waals surface area contributed by atoms with Crippen molar-refractivity contribution in [2.24, 2.45) is 0 Å². The maximum atomic E-state index is 2.75. The molecule has 1 atom stereocenters. The van der Waals surface area contributed by atoms with Gasteiger partial charge < -0.3 is 0 Å². The van der Waals surface area contributed by atoms with E-state index in [1.807, 2.05) is 0 Å². The molecule has 2 heterocycles. The van der Waals surface area contributed by atoms with Gasteiger partial charge in [0.1, 0.15) is 0 Å². The van der Waals surface area contributed by atoms with Gasteiger partial charge in [-0.2, -0.15) is 0 Å². The van der Waals surface area contributed by atoms with E-state index in [-0.39, 0.29) is 0 Å². The summed E-state index contributed by atoms with van der Waals surface area (Å²) in [5.41, 5.74) is 0.661. The van der Waals surface area contributed by atoms with E-state index in [4.69, 9.17) is 0 Å². The van der Waals surface area contributed by atoms with E-state index >= 15 is 0 Å². The zero-order valence-electron chi connectivity index (χ0n) is 12.4. The topological polar surface area (TPSA) is 6.48 Å². The molecule has 17 heavy (non-hydrogen) atoms. The molecule has 2 aliphatic rings. The van der Waals surface area contributed by atoms with Crippen molar-refractivity contribution in [2.45, 2.75) is 77.4 Å². The minimum atomic E-state index is 0.300. The molecule has 1 unspecified atom stereocenters. The first-order chi connectivity index (χ1) is 7.81. The van der Waals surface area contributed by atoms with Crippen molar-refractivity contribution in [1.29, 1.82) is 0 Å². The second-order valence-corrected chi connectivity index (χ2v) is 7.55. The summed E-state index contributed by atoms with van der Waals surface area (Å²) in [6.45, 7) is 15.8. The lowest BCUT2D eigenvalue weighted by molar-refractivity contribution is 0.0645. The largest absolute Gasteiger partial charge is 0.299 e. The van der Waals surface area contributed by atoms with E-state index in [0.29, 0.717) is 11.1 Å². The molecule has 2 saturated heterocycles. The fourth-order valence-electron chi connectivity index (χ4n) is 3.92. The van der Waals surface area contributed by atoms with Crippen molar-refractivity contribution in [3.63, 3.8) is 0 Å². The molecule has 0 aromatic carbocycles. The first-order valence-electron chi connectivity index (χ1n) is 7.32. The van der Waals surface area contributed by atoms with Crippen LogP contribution < -0.4 is 0 Å². The molecule has 0 aromatic rings. The quantitative estimate of drug-likeness (QED) is 0.692. The molecule has 2 heteroatoms. The van der Waals surface area contributed by atoms with Gasteiger partial charge in [-0.15, -0.1) is 0 Å². The van der Waals surface area contributed by atoms with Crippen molar-refractivity contribution in [3.8, 4) is 0 Å². The lowest BCUT2D eigenvalue weighted by Crippen LogP contribution is -2.50. The highest BCUT2D eigenvalue weighted by Gasteiger charge is 2.45. The van der Waals surface area contributed by atoms with E-state index in [9.17, 15) is 0 Å². The molecule has 2 fully saturated rings. The fourth-order valence-corrected chi connectivity index (χ4v) is 3.92. The summed E-state index contributed by atoms with van der Waals surface area (Å²) in [6, 6.07) is 0.796. The van der Waals surface area contributed by atoms with Crippen LogP contribution >= 0.6 is 0 Å². The van der Waals surface area contributed by atoms with Gasteiger partial charge in [0.25, 0.3) is 0 Å². The molecular formula is C15H30N2. The van der Waals surface area contributed by atoms with Crippen LogP contribution in [0.3, 0.4) is 0 Å². The van der Waals surface area contributed by atoms with Crippen molar-refractivity contribution in [1.82, 2.24) is 9.80 Å². The zero-order chi connectivity index (χ0) is 12.7. The van der Waals surface area contributed by atoms with Gasteiger partial charge in [-0.05, 0) is 67.0 Å². The van der Waals surface area contributed by atoms with Crippen LogP contribution in [0.25, 0.3) is 0 Å². The summed E-state index contributed by atoms with van der Waals surface area (Å²) in [7, 11) is 0. The summed E-state index contributed by atoms with van der Waals surface area (Å²) in [4.78, 5) is 5.45. The lowest BCUT2D eigenvalue weighted by Gasteiger charge is -2.42. The highest BCUT2D eigenvalue weighted by Crippen LogP contribution is 2.37. The summed E-state index contributed by atoms with van der Waals surface area (Å²) >= 11 is 0. The second kappa shape index (κ2) is 4.55. The first-order valence-corrected chi connectivity index (χ1v) is 7.32. The average Bonchev–Trinajstić information content (AvgIpc) is 2.55. The molecule has 2 aliphatic heterocycles. The third kappa shape index (κ3) is 2.85. The van der Waals surface area contributed by atoms with Gasteiger partial charge in [-0.25, -0.2) is 0 Å². The lowest BCUT2D eigenvalue weighted by atomic mass is 9.95. The van der Waals surface area contributed by atoms with Crippen molar-refractivity contribution in [2.75, 3.05) is 19.6 Å². The maximum Gasteiger partial charge on any atom is 0.0240 e. The van der Waals surface area contributed by atoms with Crippen LogP contribution in [0.5, 0.6) is 0 Å². The maximum absolute atomic E-state index is 2.75. The molecular weight excluding hydrogens is 208 g/mol. The number of piperidine rings is 1. The Morgan fingerprint density at radius 2 is 1.59 bits per heavy atom. The van der Waals surface area contributed by atoms with Gasteiger partial charge in [0, 0.05) is 23.7 Å². The van der Waals surface area contributed by atoms with Gasteiger partial charge in [-0.1, -0.05) is 6.42 Å². The van der Waals surface area contributed by atoms with Crippen molar-refractivity contribution >= 4 is 0 Å². The van der Waals surface area contributed by atoms with Crippen LogP contribution in [0.15, 0.2) is 0 Å². The van der Waals surface area contributed by atoms with Crippen LogP contribution in [-0.2, 0) is 0 Å². The Balaban J connectivity index is 2.04. The predicted molar refractivity (Wildman–Crippen MR) is 74.4 cm³/mol. The van der Waals surface area contributed by atoms with Crippen LogP contribution in [0.1, 0.15) is 60.3 Å². The molecule has 0 spiro atoms. The van der Waals surface area contributed by atoms with Crippen LogP contribution in [0.2, 0.25) is 0 Å². The molecule has 2 rings (SSSR count). The Kier molecular flexibility index (Phi) is 3.57. The van der Waals surface area contributed by atoms with Gasteiger partial charge in [0.05, 0.1) is 0 Å². The van der Waals surface area contributed by atoms with E-state index in [0.717, 1.165) is 6.04 Å². The molecule has 0 saturated carbocycles. The number of nitrogens with zero attached hydrogens (tertiary/aromatic N) is 2. The van der Waals surface area contributed by atoms with Crippen LogP contribution in [-0.4, -0.2) is 46.6 Å². The predicted octanol–water partition coefficient (Wildman–Crippen LogP) is 3.12. The Bertz CT molecular complexity index is 259. The second-order valence-electron chi connectivity index (χ2n) is 7.55. The van der Waals surface area contributed by atoms with Crippen molar-refractivity contribution < 1.29 is 0 Å². The SMILES string of the molecule is CC(C)(C)N1CC(N2CCCCC2)CC1(C)C. The Labute approximate surface area is 107 Å². The number of rotatable bonds is 1. The molecule has 0 aliphatic carbocycles. The van der Waals surface area contributed by atoms with Gasteiger partial charge in [-0.3, -0.25) is 9.80 Å². The highest BCUT2D eigenvalue weighted by atomic mass is 15.3. The van der Waals surface area contributed by atoms with E-state index < -0.39 is 0 Å². The number of likely N-dealkylation sites (tertiary alicyclic amines) is 2. The molecule has 2 nitrogen and oxygen atoms in total. The first kappa shape index (κ1) is 13.4. The number of hydrogen-bond donors (Lipinski definition) is 0. The third-order valence-corrected chi connectivity index (χ3v) is 4.58. The summed E-state index contributed by atoms with van der Waals surface area (Å²) in [5.74, 6) is 0. The summed E-state index contributed by atoms with van der Waals surface area (Å²) < 4.78 is 0. The molecule has 100 valence electrons. The average molecular weight is 238 g/mol. The molecule has 0 bridgehead atoms. The number of hydrogen-bond acceptors (Lipinski definition) is 2. The monoisotopic (exact) mass is 238 g/mol. The Hall–Kier alpha value is -0.0800. The van der Waals surface area contributed by atoms with Gasteiger partial charge in [0.2, 0.25) is 0 Å². The zero-order valence-corrected chi connectivity index (χ0v) is 12.4. The molecule has 0 amide bonds. The third-order valence-electron chi connectivity index (χ3n) is 4.58. The summed E-state index contributed by atoms with van der Waals surface area (Å²) in [5, 5.41) is 0.